The molecule has 1 aromatic carbocycles. The number of aliphatic hydroxyl groups excluding tert-OH is 1. The quantitative estimate of drug-likeness (QED) is 0.433. The lowest BCUT2D eigenvalue weighted by atomic mass is 10.00. The Hall–Kier alpha value is -2.60. The number of benzene rings is 1. The summed E-state index contributed by atoms with van der Waals surface area (Å²) in [6, 6.07) is 1.87. The number of pyridine rings is 1. The van der Waals surface area contributed by atoms with Crippen molar-refractivity contribution in [2.75, 3.05) is 12.4 Å². The molecule has 0 bridgehead atoms. The predicted octanol–water partition coefficient (Wildman–Crippen LogP) is 3.42. The third-order valence-corrected chi connectivity index (χ3v) is 6.56. The van der Waals surface area contributed by atoms with Gasteiger partial charge in [-0.2, -0.15) is 0 Å². The zero-order chi connectivity index (χ0) is 23.6. The molecular weight excluding hydrogens is 449 g/mol. The molecule has 0 saturated heterocycles. The molecule has 12 heteroatoms. The van der Waals surface area contributed by atoms with Crippen molar-refractivity contribution in [1.29, 1.82) is 0 Å². The van der Waals surface area contributed by atoms with Crippen LogP contribution in [-0.4, -0.2) is 47.9 Å². The Bertz CT molecular complexity index is 1090. The number of aromatic carboxylic acids is 1. The first-order valence-corrected chi connectivity index (χ1v) is 10.6. The van der Waals surface area contributed by atoms with Crippen molar-refractivity contribution in [2.24, 2.45) is 0 Å². The molecule has 0 radical (unpaired) electrons. The molecule has 0 aliphatic carbocycles. The molecule has 6 nitrogen and oxygen atoms in total. The molecule has 31 heavy (non-hydrogen) atoms. The first kappa shape index (κ1) is 24.7. The summed E-state index contributed by atoms with van der Waals surface area (Å²) in [4.78, 5) is 14.6. The van der Waals surface area contributed by atoms with Gasteiger partial charge in [0.15, 0.2) is 21.5 Å². The summed E-state index contributed by atoms with van der Waals surface area (Å²) in [5.41, 5.74) is -2.17. The van der Waals surface area contributed by atoms with Crippen LogP contribution in [0.2, 0.25) is 0 Å². The van der Waals surface area contributed by atoms with Crippen molar-refractivity contribution in [3.63, 3.8) is 0 Å². The van der Waals surface area contributed by atoms with Crippen LogP contribution in [0, 0.1) is 24.4 Å². The Balaban J connectivity index is 2.68. The highest BCUT2D eigenvalue weighted by molar-refractivity contribution is 7.91. The lowest BCUT2D eigenvalue weighted by molar-refractivity contribution is -0.0237. The van der Waals surface area contributed by atoms with Crippen molar-refractivity contribution in [1.82, 2.24) is 4.98 Å². The highest BCUT2D eigenvalue weighted by atomic mass is 32.2. The lowest BCUT2D eigenvalue weighted by Gasteiger charge is -2.23. The lowest BCUT2D eigenvalue weighted by Crippen LogP contribution is -2.27. The molecule has 0 amide bonds. The van der Waals surface area contributed by atoms with Gasteiger partial charge in [-0.3, -0.25) is 0 Å². The van der Waals surface area contributed by atoms with E-state index in [4.69, 9.17) is 10.2 Å². The molecule has 1 heterocycles. The number of hydrogen-bond acceptors (Lipinski definition) is 5. The van der Waals surface area contributed by atoms with Crippen molar-refractivity contribution in [3.8, 4) is 0 Å². The van der Waals surface area contributed by atoms with E-state index in [2.05, 4.69) is 4.98 Å². The summed E-state index contributed by atoms with van der Waals surface area (Å²) in [7, 11) is -4.79. The van der Waals surface area contributed by atoms with Gasteiger partial charge in [0.1, 0.15) is 16.8 Å². The Labute approximate surface area is 174 Å². The topological polar surface area (TPSA) is 105 Å². The summed E-state index contributed by atoms with van der Waals surface area (Å²) >= 11 is 0. The molecule has 0 aliphatic heterocycles. The van der Waals surface area contributed by atoms with E-state index in [0.717, 1.165) is 12.3 Å². The van der Waals surface area contributed by atoms with Gasteiger partial charge in [0.2, 0.25) is 0 Å². The van der Waals surface area contributed by atoms with Crippen LogP contribution in [0.1, 0.15) is 45.3 Å². The van der Waals surface area contributed by atoms with Crippen LogP contribution in [0.15, 0.2) is 24.4 Å². The van der Waals surface area contributed by atoms with E-state index in [1.54, 1.807) is 0 Å². The second kappa shape index (κ2) is 9.27. The third-order valence-electron chi connectivity index (χ3n) is 4.58. The third kappa shape index (κ3) is 5.56. The predicted molar refractivity (Wildman–Crippen MR) is 99.1 cm³/mol. The van der Waals surface area contributed by atoms with Gasteiger partial charge in [0, 0.05) is 31.2 Å². The van der Waals surface area contributed by atoms with Crippen molar-refractivity contribution < 1.29 is 45.4 Å². The minimum absolute atomic E-state index is 0.0637. The smallest absolute Gasteiger partial charge is 0.354 e. The number of carboxylic acid groups (broad SMARTS) is 1. The maximum absolute atomic E-state index is 14.5. The Kier molecular flexibility index (Phi) is 7.37. The molecule has 0 saturated carbocycles. The van der Waals surface area contributed by atoms with Crippen LogP contribution in [0.5, 0.6) is 0 Å². The molecule has 1 atom stereocenters. The number of sulfone groups is 1. The van der Waals surface area contributed by atoms with Gasteiger partial charge in [-0.1, -0.05) is 0 Å². The summed E-state index contributed by atoms with van der Waals surface area (Å²) < 4.78 is 96.2. The van der Waals surface area contributed by atoms with Gasteiger partial charge < -0.3 is 10.2 Å². The molecule has 2 rings (SSSR count). The highest BCUT2D eigenvalue weighted by Crippen LogP contribution is 2.38. The maximum Gasteiger partial charge on any atom is 0.354 e. The number of hydrogen-bond donors (Lipinski definition) is 2. The Morgan fingerprint density at radius 3 is 2.32 bits per heavy atom. The number of carboxylic acids is 1. The number of aromatic nitrogens is 1. The summed E-state index contributed by atoms with van der Waals surface area (Å²) in [5, 5.41) is 15.4. The average Bonchev–Trinajstić information content (AvgIpc) is 2.67. The molecule has 1 aromatic heterocycles. The summed E-state index contributed by atoms with van der Waals surface area (Å²) in [5.74, 6) is -11.1. The van der Waals surface area contributed by atoms with Gasteiger partial charge in [0.05, 0.1) is 5.75 Å². The van der Waals surface area contributed by atoms with Crippen LogP contribution in [-0.2, 0) is 9.84 Å². The van der Waals surface area contributed by atoms with Crippen LogP contribution in [0.3, 0.4) is 0 Å². The molecule has 1 unspecified atom stereocenters. The van der Waals surface area contributed by atoms with E-state index in [1.807, 2.05) is 0 Å². The minimum Gasteiger partial charge on any atom is -0.477 e. The molecule has 0 aliphatic rings. The fourth-order valence-corrected chi connectivity index (χ4v) is 5.00. The fraction of sp³-hybridized carbons (Fsp3) is 0.368. The molecule has 170 valence electrons. The SMILES string of the molecule is Cc1cc(C(=O)O)ncc1C(c1c(F)ccc(F)c1F)S(=O)(=O)CCC(F)(F)CCO. The molecule has 2 aromatic rings. The van der Waals surface area contributed by atoms with Crippen LogP contribution in [0.4, 0.5) is 22.0 Å². The summed E-state index contributed by atoms with van der Waals surface area (Å²) in [6.07, 6.45) is -1.54. The van der Waals surface area contributed by atoms with Crippen molar-refractivity contribution in [2.45, 2.75) is 30.9 Å². The van der Waals surface area contributed by atoms with Gasteiger partial charge in [-0.15, -0.1) is 0 Å². The standard InChI is InChI=1S/C19H18F5NO5S/c1-10-8-14(18(27)28)25-9-11(10)17(15-12(20)2-3-13(21)16(15)22)31(29,30)7-5-19(23,24)4-6-26/h2-3,8-9,17,26H,4-7H2,1H3,(H,27,28). The van der Waals surface area contributed by atoms with E-state index in [-0.39, 0.29) is 11.1 Å². The number of aryl methyl sites for hydroxylation is 1. The van der Waals surface area contributed by atoms with Gasteiger partial charge >= 0.3 is 5.97 Å². The van der Waals surface area contributed by atoms with E-state index in [0.29, 0.717) is 12.1 Å². The number of halogens is 5. The van der Waals surface area contributed by atoms with Crippen LogP contribution >= 0.6 is 0 Å². The highest BCUT2D eigenvalue weighted by Gasteiger charge is 2.39. The van der Waals surface area contributed by atoms with E-state index >= 15 is 0 Å². The fourth-order valence-electron chi connectivity index (χ4n) is 2.97. The second-order valence-electron chi connectivity index (χ2n) is 6.81. The van der Waals surface area contributed by atoms with E-state index in [1.165, 1.54) is 6.92 Å². The Morgan fingerprint density at radius 1 is 1.16 bits per heavy atom. The first-order chi connectivity index (χ1) is 14.3. The Morgan fingerprint density at radius 2 is 1.77 bits per heavy atom. The molecule has 0 spiro atoms. The zero-order valence-electron chi connectivity index (χ0n) is 16.1. The van der Waals surface area contributed by atoms with Gasteiger partial charge in [0.25, 0.3) is 5.92 Å². The van der Waals surface area contributed by atoms with Crippen LogP contribution < -0.4 is 0 Å². The van der Waals surface area contributed by atoms with Crippen LogP contribution in [0.25, 0.3) is 0 Å². The average molecular weight is 467 g/mol. The summed E-state index contributed by atoms with van der Waals surface area (Å²) in [6.45, 7) is 0.324. The number of carbonyl (C=O) groups is 1. The van der Waals surface area contributed by atoms with E-state index < -0.39 is 80.9 Å². The number of alkyl halides is 2. The molecular formula is C19H18F5NO5S. The largest absolute Gasteiger partial charge is 0.477 e. The monoisotopic (exact) mass is 467 g/mol. The van der Waals surface area contributed by atoms with E-state index in [9.17, 15) is 35.2 Å². The maximum atomic E-state index is 14.5. The zero-order valence-corrected chi connectivity index (χ0v) is 16.9. The number of aliphatic hydroxyl groups is 1. The van der Waals surface area contributed by atoms with Crippen molar-refractivity contribution >= 4 is 15.8 Å². The minimum atomic E-state index is -4.79. The van der Waals surface area contributed by atoms with Crippen molar-refractivity contribution in [3.05, 3.63) is 64.2 Å². The second-order valence-corrected chi connectivity index (χ2v) is 9.02. The normalized spacial score (nSPS) is 13.3. The molecule has 2 N–H and O–H groups in total. The molecule has 0 fully saturated rings. The first-order valence-electron chi connectivity index (χ1n) is 8.84. The van der Waals surface area contributed by atoms with Gasteiger partial charge in [-0.25, -0.2) is 40.1 Å². The number of rotatable bonds is 9. The van der Waals surface area contributed by atoms with Gasteiger partial charge in [-0.05, 0) is 36.2 Å². The number of nitrogens with zero attached hydrogens (tertiary/aromatic N) is 1.